The molecule has 0 bridgehead atoms. The summed E-state index contributed by atoms with van der Waals surface area (Å²) in [4.78, 5) is 4.32. The van der Waals surface area contributed by atoms with E-state index in [9.17, 15) is 0 Å². The van der Waals surface area contributed by atoms with E-state index in [-0.39, 0.29) is 6.04 Å². The molecule has 1 aliphatic rings. The molecule has 3 aromatic rings. The van der Waals surface area contributed by atoms with E-state index < -0.39 is 0 Å². The van der Waals surface area contributed by atoms with Crippen molar-refractivity contribution < 1.29 is 0 Å². The molecule has 22 heavy (non-hydrogen) atoms. The lowest BCUT2D eigenvalue weighted by Crippen LogP contribution is -2.20. The quantitative estimate of drug-likeness (QED) is 0.788. The fraction of sp³-hybridized carbons (Fsp3) is 0.188. The van der Waals surface area contributed by atoms with Gasteiger partial charge in [0.15, 0.2) is 0 Å². The molecule has 1 aliphatic heterocycles. The first-order valence-electron chi connectivity index (χ1n) is 7.16. The Hall–Kier alpha value is -2.89. The number of nitrogens with one attached hydrogen (secondary N) is 1. The Morgan fingerprint density at radius 2 is 1.95 bits per heavy atom. The van der Waals surface area contributed by atoms with Gasteiger partial charge in [-0.05, 0) is 18.6 Å². The van der Waals surface area contributed by atoms with E-state index in [0.717, 1.165) is 28.5 Å². The number of allylic oxidation sites excluding steroid dienone is 1. The molecular formula is C16H16N6. The van der Waals surface area contributed by atoms with Crippen LogP contribution < -0.4 is 5.32 Å². The summed E-state index contributed by atoms with van der Waals surface area (Å²) in [5, 5.41) is 12.0. The third kappa shape index (κ3) is 1.92. The second kappa shape index (κ2) is 4.84. The molecule has 0 radical (unpaired) electrons. The minimum absolute atomic E-state index is 0.0114. The molecule has 2 aromatic heterocycles. The van der Waals surface area contributed by atoms with Crippen LogP contribution in [0.5, 0.6) is 0 Å². The van der Waals surface area contributed by atoms with Gasteiger partial charge in [0, 0.05) is 24.0 Å². The van der Waals surface area contributed by atoms with Crippen LogP contribution in [0.3, 0.4) is 0 Å². The first-order chi connectivity index (χ1) is 10.7. The molecule has 110 valence electrons. The number of hydrogen-bond acceptors (Lipinski definition) is 4. The molecule has 0 saturated carbocycles. The predicted octanol–water partition coefficient (Wildman–Crippen LogP) is 2.38. The molecule has 0 spiro atoms. The molecule has 0 fully saturated rings. The highest BCUT2D eigenvalue weighted by Gasteiger charge is 2.25. The molecule has 0 saturated heterocycles. The predicted molar refractivity (Wildman–Crippen MR) is 84.1 cm³/mol. The van der Waals surface area contributed by atoms with Crippen LogP contribution in [0.1, 0.15) is 22.9 Å². The number of aryl methyl sites for hydroxylation is 1. The van der Waals surface area contributed by atoms with Gasteiger partial charge in [0.2, 0.25) is 5.95 Å². The smallest absolute Gasteiger partial charge is 0.226 e. The van der Waals surface area contributed by atoms with E-state index in [2.05, 4.69) is 45.6 Å². The lowest BCUT2D eigenvalue weighted by Gasteiger charge is -2.24. The standard InChI is InChI=1S/C16H16N6/c1-11-13(9-18-21(11)2)15-8-14(12-6-4-3-5-7-12)20-16-17-10-19-22(15)16/h3-10,15H,1-2H3,(H,17,19,20). The van der Waals surface area contributed by atoms with E-state index in [1.165, 1.54) is 0 Å². The first-order valence-corrected chi connectivity index (χ1v) is 7.16. The molecule has 1 aromatic carbocycles. The average molecular weight is 292 g/mol. The van der Waals surface area contributed by atoms with Gasteiger partial charge in [-0.2, -0.15) is 15.2 Å². The average Bonchev–Trinajstić information content (AvgIpc) is 3.15. The van der Waals surface area contributed by atoms with Gasteiger partial charge in [-0.1, -0.05) is 30.3 Å². The van der Waals surface area contributed by atoms with Crippen LogP contribution in [0.25, 0.3) is 5.70 Å². The summed E-state index contributed by atoms with van der Waals surface area (Å²) < 4.78 is 3.76. The SMILES string of the molecule is Cc1c(C2C=C(c3ccccc3)Nc3ncnn32)cnn1C. The molecule has 1 unspecified atom stereocenters. The highest BCUT2D eigenvalue weighted by atomic mass is 15.4. The van der Waals surface area contributed by atoms with Crippen molar-refractivity contribution in [2.45, 2.75) is 13.0 Å². The maximum absolute atomic E-state index is 4.35. The molecular weight excluding hydrogens is 276 g/mol. The molecule has 0 amide bonds. The highest BCUT2D eigenvalue weighted by Crippen LogP contribution is 2.32. The van der Waals surface area contributed by atoms with Crippen molar-refractivity contribution in [2.75, 3.05) is 5.32 Å². The van der Waals surface area contributed by atoms with Crippen molar-refractivity contribution in [2.24, 2.45) is 7.05 Å². The summed E-state index contributed by atoms with van der Waals surface area (Å²) in [6, 6.07) is 10.2. The van der Waals surface area contributed by atoms with Crippen LogP contribution in [-0.4, -0.2) is 24.5 Å². The summed E-state index contributed by atoms with van der Waals surface area (Å²) in [7, 11) is 1.95. The zero-order valence-electron chi connectivity index (χ0n) is 12.4. The Bertz CT molecular complexity index is 843. The topological polar surface area (TPSA) is 60.6 Å². The lowest BCUT2D eigenvalue weighted by molar-refractivity contribution is 0.607. The van der Waals surface area contributed by atoms with Crippen LogP contribution in [0.2, 0.25) is 0 Å². The van der Waals surface area contributed by atoms with Gasteiger partial charge in [-0.3, -0.25) is 4.68 Å². The number of benzene rings is 1. The molecule has 4 rings (SSSR count). The Kier molecular flexibility index (Phi) is 2.82. The maximum atomic E-state index is 4.35. The zero-order chi connectivity index (χ0) is 15.1. The molecule has 1 atom stereocenters. The fourth-order valence-electron chi connectivity index (χ4n) is 2.75. The molecule has 0 aliphatic carbocycles. The summed E-state index contributed by atoms with van der Waals surface area (Å²) in [5.74, 6) is 0.745. The van der Waals surface area contributed by atoms with Crippen molar-refractivity contribution in [3.63, 3.8) is 0 Å². The largest absolute Gasteiger partial charge is 0.324 e. The van der Waals surface area contributed by atoms with Crippen molar-refractivity contribution in [3.8, 4) is 0 Å². The van der Waals surface area contributed by atoms with Crippen molar-refractivity contribution in [1.82, 2.24) is 24.5 Å². The van der Waals surface area contributed by atoms with Crippen LogP contribution in [0, 0.1) is 6.92 Å². The van der Waals surface area contributed by atoms with Crippen LogP contribution in [0.4, 0.5) is 5.95 Å². The fourth-order valence-corrected chi connectivity index (χ4v) is 2.75. The second-order valence-electron chi connectivity index (χ2n) is 5.35. The van der Waals surface area contributed by atoms with Gasteiger partial charge < -0.3 is 5.32 Å². The Balaban J connectivity index is 1.85. The molecule has 1 N–H and O–H groups in total. The lowest BCUT2D eigenvalue weighted by atomic mass is 10.0. The third-order valence-corrected chi connectivity index (χ3v) is 4.08. The highest BCUT2D eigenvalue weighted by molar-refractivity contribution is 5.77. The van der Waals surface area contributed by atoms with E-state index in [4.69, 9.17) is 0 Å². The van der Waals surface area contributed by atoms with Crippen LogP contribution in [-0.2, 0) is 7.05 Å². The number of fused-ring (bicyclic) bond motifs is 1. The third-order valence-electron chi connectivity index (χ3n) is 4.08. The molecule has 6 nitrogen and oxygen atoms in total. The Labute approximate surface area is 128 Å². The monoisotopic (exact) mass is 292 g/mol. The summed E-state index contributed by atoms with van der Waals surface area (Å²) in [5.41, 5.74) is 4.42. The van der Waals surface area contributed by atoms with Crippen molar-refractivity contribution in [3.05, 3.63) is 65.8 Å². The Morgan fingerprint density at radius 3 is 2.68 bits per heavy atom. The van der Waals surface area contributed by atoms with E-state index >= 15 is 0 Å². The van der Waals surface area contributed by atoms with E-state index in [0.29, 0.717) is 0 Å². The van der Waals surface area contributed by atoms with Gasteiger partial charge in [-0.25, -0.2) is 4.68 Å². The number of hydrogen-bond donors (Lipinski definition) is 1. The first kappa shape index (κ1) is 12.8. The van der Waals surface area contributed by atoms with E-state index in [1.54, 1.807) is 6.33 Å². The summed E-state index contributed by atoms with van der Waals surface area (Å²) >= 11 is 0. The summed E-state index contributed by atoms with van der Waals surface area (Å²) in [6.45, 7) is 2.07. The minimum atomic E-state index is -0.0114. The van der Waals surface area contributed by atoms with Gasteiger partial charge in [0.25, 0.3) is 0 Å². The maximum Gasteiger partial charge on any atom is 0.226 e. The van der Waals surface area contributed by atoms with Gasteiger partial charge in [0.1, 0.15) is 12.4 Å². The second-order valence-corrected chi connectivity index (χ2v) is 5.35. The normalized spacial score (nSPS) is 16.8. The summed E-state index contributed by atoms with van der Waals surface area (Å²) in [6.07, 6.45) is 5.64. The van der Waals surface area contributed by atoms with Crippen molar-refractivity contribution in [1.29, 1.82) is 0 Å². The minimum Gasteiger partial charge on any atom is -0.324 e. The number of anilines is 1. The van der Waals surface area contributed by atoms with Crippen LogP contribution in [0.15, 0.2) is 48.9 Å². The van der Waals surface area contributed by atoms with Gasteiger partial charge >= 0.3 is 0 Å². The molecule has 3 heterocycles. The van der Waals surface area contributed by atoms with Gasteiger partial charge in [0.05, 0.1) is 6.20 Å². The number of nitrogens with zero attached hydrogens (tertiary/aromatic N) is 5. The molecule has 6 heteroatoms. The van der Waals surface area contributed by atoms with Gasteiger partial charge in [-0.15, -0.1) is 0 Å². The number of rotatable bonds is 2. The van der Waals surface area contributed by atoms with E-state index in [1.807, 2.05) is 40.8 Å². The van der Waals surface area contributed by atoms with Crippen molar-refractivity contribution >= 4 is 11.6 Å². The number of aromatic nitrogens is 5. The van der Waals surface area contributed by atoms with Crippen LogP contribution >= 0.6 is 0 Å². The zero-order valence-corrected chi connectivity index (χ0v) is 12.4. The Morgan fingerprint density at radius 1 is 1.14 bits per heavy atom.